The van der Waals surface area contributed by atoms with E-state index in [1.807, 2.05) is 0 Å². The van der Waals surface area contributed by atoms with Crippen molar-refractivity contribution in [1.29, 1.82) is 0 Å². The Morgan fingerprint density at radius 2 is 2.31 bits per heavy atom. The van der Waals surface area contributed by atoms with Gasteiger partial charge in [-0.15, -0.1) is 0 Å². The zero-order valence-electron chi connectivity index (χ0n) is 8.66. The second-order valence-corrected chi connectivity index (χ2v) is 6.42. The quantitative estimate of drug-likeness (QED) is 0.733. The minimum Gasteiger partial charge on any atom is -0.481 e. The molecule has 0 amide bonds. The van der Waals surface area contributed by atoms with E-state index in [0.717, 1.165) is 18.0 Å². The molecule has 0 spiro atoms. The van der Waals surface area contributed by atoms with Crippen LogP contribution >= 0.6 is 11.8 Å². The standard InChI is InChI=1S/C8H12N2O4S2/c1-16(13,14)5-4-10-3-2-9-8(10)15-6-7(11)12/h2-3H,4-6H2,1H3,(H,11,12). The molecule has 1 aromatic rings. The predicted octanol–water partition coefficient (Wildman–Crippen LogP) is 0.104. The number of aromatic nitrogens is 2. The number of rotatable bonds is 6. The zero-order valence-corrected chi connectivity index (χ0v) is 10.3. The molecule has 0 aliphatic carbocycles. The molecular formula is C8H12N2O4S2. The Morgan fingerprint density at radius 3 is 2.88 bits per heavy atom. The Hall–Kier alpha value is -1.02. The van der Waals surface area contributed by atoms with Crippen LogP contribution in [0.5, 0.6) is 0 Å². The molecule has 0 aromatic carbocycles. The molecule has 0 aliphatic heterocycles. The highest BCUT2D eigenvalue weighted by Gasteiger charge is 2.08. The summed E-state index contributed by atoms with van der Waals surface area (Å²) >= 11 is 1.07. The molecule has 0 aliphatic rings. The van der Waals surface area contributed by atoms with Crippen molar-refractivity contribution in [2.45, 2.75) is 11.7 Å². The minimum absolute atomic E-state index is 0.0178. The molecule has 0 bridgehead atoms. The summed E-state index contributed by atoms with van der Waals surface area (Å²) in [5.74, 6) is -0.998. The highest BCUT2D eigenvalue weighted by atomic mass is 32.2. The molecule has 1 aromatic heterocycles. The first-order valence-corrected chi connectivity index (χ1v) is 7.46. The molecule has 16 heavy (non-hydrogen) atoms. The number of hydrogen-bond acceptors (Lipinski definition) is 5. The molecule has 6 nitrogen and oxygen atoms in total. The third-order valence-corrected chi connectivity index (χ3v) is 3.62. The minimum atomic E-state index is -3.02. The van der Waals surface area contributed by atoms with Gasteiger partial charge in [-0.25, -0.2) is 13.4 Å². The van der Waals surface area contributed by atoms with Gasteiger partial charge in [0.15, 0.2) is 5.16 Å². The van der Waals surface area contributed by atoms with Crippen molar-refractivity contribution < 1.29 is 18.3 Å². The SMILES string of the molecule is CS(=O)(=O)CCn1ccnc1SCC(=O)O. The number of carboxylic acid groups (broad SMARTS) is 1. The highest BCUT2D eigenvalue weighted by molar-refractivity contribution is 7.99. The van der Waals surface area contributed by atoms with Gasteiger partial charge in [0.1, 0.15) is 9.84 Å². The fraction of sp³-hybridized carbons (Fsp3) is 0.500. The summed E-state index contributed by atoms with van der Waals surface area (Å²) in [6, 6.07) is 0. The molecule has 90 valence electrons. The third kappa shape index (κ3) is 4.67. The Bertz CT molecular complexity index is 466. The van der Waals surface area contributed by atoms with Crippen LogP contribution in [0, 0.1) is 0 Å². The van der Waals surface area contributed by atoms with Gasteiger partial charge in [-0.05, 0) is 0 Å². The summed E-state index contributed by atoms with van der Waals surface area (Å²) in [4.78, 5) is 14.3. The van der Waals surface area contributed by atoms with Crippen molar-refractivity contribution in [2.75, 3.05) is 17.8 Å². The van der Waals surface area contributed by atoms with E-state index >= 15 is 0 Å². The molecule has 8 heteroatoms. The van der Waals surface area contributed by atoms with E-state index < -0.39 is 15.8 Å². The van der Waals surface area contributed by atoms with Gasteiger partial charge in [0, 0.05) is 25.2 Å². The van der Waals surface area contributed by atoms with Gasteiger partial charge in [-0.2, -0.15) is 0 Å². The van der Waals surface area contributed by atoms with Crippen LogP contribution in [0.4, 0.5) is 0 Å². The molecule has 0 saturated carbocycles. The molecule has 1 heterocycles. The molecule has 0 radical (unpaired) electrons. The van der Waals surface area contributed by atoms with Crippen molar-refractivity contribution in [3.8, 4) is 0 Å². The van der Waals surface area contributed by atoms with Crippen LogP contribution in [0.1, 0.15) is 0 Å². The Kier molecular flexibility index (Phi) is 4.36. The first kappa shape index (κ1) is 13.0. The first-order chi connectivity index (χ1) is 7.38. The Balaban J connectivity index is 2.60. The topological polar surface area (TPSA) is 89.3 Å². The van der Waals surface area contributed by atoms with Crippen LogP contribution in [-0.4, -0.2) is 46.8 Å². The van der Waals surface area contributed by atoms with E-state index in [2.05, 4.69) is 4.98 Å². The number of carboxylic acids is 1. The number of carbonyl (C=O) groups is 1. The largest absolute Gasteiger partial charge is 0.481 e. The van der Waals surface area contributed by atoms with E-state index in [1.165, 1.54) is 6.20 Å². The van der Waals surface area contributed by atoms with Crippen LogP contribution in [-0.2, 0) is 21.2 Å². The zero-order chi connectivity index (χ0) is 12.2. The number of aryl methyl sites for hydroxylation is 1. The summed E-state index contributed by atoms with van der Waals surface area (Å²) in [6.45, 7) is 0.292. The lowest BCUT2D eigenvalue weighted by atomic mass is 10.7. The van der Waals surface area contributed by atoms with Crippen LogP contribution in [0.2, 0.25) is 0 Å². The average Bonchev–Trinajstić information content (AvgIpc) is 2.57. The molecular weight excluding hydrogens is 252 g/mol. The number of hydrogen-bond donors (Lipinski definition) is 1. The second-order valence-electron chi connectivity index (χ2n) is 3.22. The summed E-state index contributed by atoms with van der Waals surface area (Å²) in [5, 5.41) is 9.03. The van der Waals surface area contributed by atoms with Crippen molar-refractivity contribution in [3.63, 3.8) is 0 Å². The lowest BCUT2D eigenvalue weighted by Gasteiger charge is -2.05. The van der Waals surface area contributed by atoms with Crippen LogP contribution in [0.15, 0.2) is 17.6 Å². The number of sulfone groups is 1. The highest BCUT2D eigenvalue weighted by Crippen LogP contribution is 2.15. The fourth-order valence-electron chi connectivity index (χ4n) is 0.996. The average molecular weight is 264 g/mol. The fourth-order valence-corrected chi connectivity index (χ4v) is 2.23. The van der Waals surface area contributed by atoms with Crippen LogP contribution in [0.25, 0.3) is 0 Å². The number of thioether (sulfide) groups is 1. The lowest BCUT2D eigenvalue weighted by molar-refractivity contribution is -0.133. The lowest BCUT2D eigenvalue weighted by Crippen LogP contribution is -2.11. The van der Waals surface area contributed by atoms with Gasteiger partial charge in [-0.1, -0.05) is 11.8 Å². The predicted molar refractivity (Wildman–Crippen MR) is 60.3 cm³/mol. The van der Waals surface area contributed by atoms with Gasteiger partial charge in [-0.3, -0.25) is 4.79 Å². The molecule has 1 N–H and O–H groups in total. The summed E-state index contributed by atoms with van der Waals surface area (Å²) in [5.41, 5.74) is 0. The van der Waals surface area contributed by atoms with Gasteiger partial charge in [0.2, 0.25) is 0 Å². The van der Waals surface area contributed by atoms with Crippen molar-refractivity contribution in [1.82, 2.24) is 9.55 Å². The van der Waals surface area contributed by atoms with E-state index in [1.54, 1.807) is 10.8 Å². The van der Waals surface area contributed by atoms with Gasteiger partial charge < -0.3 is 9.67 Å². The smallest absolute Gasteiger partial charge is 0.313 e. The monoisotopic (exact) mass is 264 g/mol. The van der Waals surface area contributed by atoms with Gasteiger partial charge >= 0.3 is 5.97 Å². The van der Waals surface area contributed by atoms with E-state index in [9.17, 15) is 13.2 Å². The first-order valence-electron chi connectivity index (χ1n) is 4.42. The number of imidazole rings is 1. The summed E-state index contributed by atoms with van der Waals surface area (Å²) < 4.78 is 23.6. The van der Waals surface area contributed by atoms with Gasteiger partial charge in [0.25, 0.3) is 0 Å². The second kappa shape index (κ2) is 5.35. The van der Waals surface area contributed by atoms with Gasteiger partial charge in [0.05, 0.1) is 11.5 Å². The Morgan fingerprint density at radius 1 is 1.62 bits per heavy atom. The van der Waals surface area contributed by atoms with E-state index in [0.29, 0.717) is 11.7 Å². The Labute approximate surface area is 97.6 Å². The van der Waals surface area contributed by atoms with Crippen molar-refractivity contribution in [3.05, 3.63) is 12.4 Å². The molecule has 0 unspecified atom stereocenters. The van der Waals surface area contributed by atoms with Crippen molar-refractivity contribution >= 4 is 27.6 Å². The molecule has 0 fully saturated rings. The maximum Gasteiger partial charge on any atom is 0.313 e. The van der Waals surface area contributed by atoms with E-state index in [-0.39, 0.29) is 11.5 Å². The summed E-state index contributed by atoms with van der Waals surface area (Å²) in [7, 11) is -3.02. The number of aliphatic carboxylic acids is 1. The maximum absolute atomic E-state index is 11.0. The van der Waals surface area contributed by atoms with Crippen LogP contribution < -0.4 is 0 Å². The third-order valence-electron chi connectivity index (χ3n) is 1.71. The number of nitrogens with zero attached hydrogens (tertiary/aromatic N) is 2. The normalized spacial score (nSPS) is 11.6. The molecule has 1 rings (SSSR count). The summed E-state index contributed by atoms with van der Waals surface area (Å²) in [6.07, 6.45) is 4.32. The molecule has 0 atom stereocenters. The van der Waals surface area contributed by atoms with Crippen molar-refractivity contribution in [2.24, 2.45) is 0 Å². The van der Waals surface area contributed by atoms with Crippen LogP contribution in [0.3, 0.4) is 0 Å². The maximum atomic E-state index is 11.0. The molecule has 0 saturated heterocycles. The van der Waals surface area contributed by atoms with E-state index in [4.69, 9.17) is 5.11 Å².